The van der Waals surface area contributed by atoms with Gasteiger partial charge in [-0.1, -0.05) is 18.2 Å². The minimum Gasteiger partial charge on any atom is -0.444 e. The topological polar surface area (TPSA) is 55.4 Å². The lowest BCUT2D eigenvalue weighted by atomic mass is 10.1. The summed E-state index contributed by atoms with van der Waals surface area (Å²) < 4.78 is 18.0. The molecule has 5 heteroatoms. The molecule has 1 N–H and O–H groups in total. The van der Waals surface area contributed by atoms with Gasteiger partial charge in [-0.05, 0) is 68.8 Å². The van der Waals surface area contributed by atoms with E-state index in [1.54, 1.807) is 63.2 Å². The Labute approximate surface area is 146 Å². The van der Waals surface area contributed by atoms with Crippen molar-refractivity contribution in [1.82, 2.24) is 0 Å². The van der Waals surface area contributed by atoms with Gasteiger partial charge in [0.05, 0.1) is 0 Å². The summed E-state index contributed by atoms with van der Waals surface area (Å²) in [5.74, 6) is -0.510. The molecule has 0 atom stereocenters. The molecule has 0 aliphatic carbocycles. The van der Waals surface area contributed by atoms with E-state index in [2.05, 4.69) is 5.32 Å². The SMILES string of the molecule is CC(C)(C)OC(=O)Nc1ccc(C(=O)C=Cc2ccc(F)cc2)cc1. The monoisotopic (exact) mass is 341 g/mol. The highest BCUT2D eigenvalue weighted by Crippen LogP contribution is 2.14. The fourth-order valence-corrected chi connectivity index (χ4v) is 1.98. The number of hydrogen-bond acceptors (Lipinski definition) is 3. The number of anilines is 1. The van der Waals surface area contributed by atoms with E-state index in [-0.39, 0.29) is 11.6 Å². The van der Waals surface area contributed by atoms with Crippen LogP contribution >= 0.6 is 0 Å². The summed E-state index contributed by atoms with van der Waals surface area (Å²) >= 11 is 0. The average Bonchev–Trinajstić information content (AvgIpc) is 2.53. The third kappa shape index (κ3) is 6.22. The number of rotatable bonds is 4. The highest BCUT2D eigenvalue weighted by atomic mass is 19.1. The van der Waals surface area contributed by atoms with Crippen LogP contribution in [-0.4, -0.2) is 17.5 Å². The molecule has 0 aliphatic heterocycles. The zero-order chi connectivity index (χ0) is 18.4. The first-order chi connectivity index (χ1) is 11.7. The first-order valence-corrected chi connectivity index (χ1v) is 7.81. The largest absolute Gasteiger partial charge is 0.444 e. The molecule has 2 rings (SSSR count). The predicted molar refractivity (Wildman–Crippen MR) is 96.1 cm³/mol. The van der Waals surface area contributed by atoms with Crippen LogP contribution in [0.25, 0.3) is 6.08 Å². The van der Waals surface area contributed by atoms with Crippen LogP contribution in [0.15, 0.2) is 54.6 Å². The highest BCUT2D eigenvalue weighted by molar-refractivity contribution is 6.07. The molecule has 0 aromatic heterocycles. The average molecular weight is 341 g/mol. The Morgan fingerprint density at radius 3 is 2.16 bits per heavy atom. The van der Waals surface area contributed by atoms with Crippen LogP contribution in [0.3, 0.4) is 0 Å². The maximum Gasteiger partial charge on any atom is 0.412 e. The van der Waals surface area contributed by atoms with Gasteiger partial charge in [-0.25, -0.2) is 9.18 Å². The number of nitrogens with one attached hydrogen (secondary N) is 1. The molecule has 0 heterocycles. The van der Waals surface area contributed by atoms with Crippen molar-refractivity contribution >= 4 is 23.6 Å². The number of amides is 1. The number of benzene rings is 2. The molecule has 1 amide bonds. The number of ether oxygens (including phenoxy) is 1. The molecule has 0 unspecified atom stereocenters. The van der Waals surface area contributed by atoms with E-state index in [0.29, 0.717) is 11.3 Å². The van der Waals surface area contributed by atoms with Crippen LogP contribution in [0, 0.1) is 5.82 Å². The number of ketones is 1. The summed E-state index contributed by atoms with van der Waals surface area (Å²) in [7, 11) is 0. The lowest BCUT2D eigenvalue weighted by molar-refractivity contribution is 0.0636. The lowest BCUT2D eigenvalue weighted by Gasteiger charge is -2.19. The molecular formula is C20H20FNO3. The molecule has 2 aromatic carbocycles. The molecule has 0 aliphatic rings. The van der Waals surface area contributed by atoms with E-state index in [1.807, 2.05) is 0 Å². The van der Waals surface area contributed by atoms with Crippen molar-refractivity contribution < 1.29 is 18.7 Å². The summed E-state index contributed by atoms with van der Waals surface area (Å²) in [5.41, 5.74) is 1.17. The van der Waals surface area contributed by atoms with Gasteiger partial charge in [-0.3, -0.25) is 10.1 Å². The molecular weight excluding hydrogens is 321 g/mol. The Morgan fingerprint density at radius 1 is 1.00 bits per heavy atom. The van der Waals surface area contributed by atoms with Gasteiger partial charge in [-0.15, -0.1) is 0 Å². The van der Waals surface area contributed by atoms with Crippen LogP contribution in [0.5, 0.6) is 0 Å². The molecule has 4 nitrogen and oxygen atoms in total. The highest BCUT2D eigenvalue weighted by Gasteiger charge is 2.16. The third-order valence-electron chi connectivity index (χ3n) is 3.11. The Hall–Kier alpha value is -2.95. The lowest BCUT2D eigenvalue weighted by Crippen LogP contribution is -2.27. The Balaban J connectivity index is 1.98. The van der Waals surface area contributed by atoms with E-state index in [0.717, 1.165) is 5.56 Å². The van der Waals surface area contributed by atoms with Gasteiger partial charge in [0.25, 0.3) is 0 Å². The van der Waals surface area contributed by atoms with Gasteiger partial charge < -0.3 is 4.74 Å². The molecule has 0 saturated carbocycles. The second-order valence-electron chi connectivity index (χ2n) is 6.45. The molecule has 0 radical (unpaired) electrons. The summed E-state index contributed by atoms with van der Waals surface area (Å²) in [6.07, 6.45) is 2.49. The molecule has 25 heavy (non-hydrogen) atoms. The number of allylic oxidation sites excluding steroid dienone is 1. The second-order valence-corrected chi connectivity index (χ2v) is 6.45. The summed E-state index contributed by atoms with van der Waals surface area (Å²) in [5, 5.41) is 2.60. The predicted octanol–water partition coefficient (Wildman–Crippen LogP) is 5.07. The van der Waals surface area contributed by atoms with Crippen molar-refractivity contribution in [3.05, 3.63) is 71.6 Å². The molecule has 2 aromatic rings. The van der Waals surface area contributed by atoms with Gasteiger partial charge >= 0.3 is 6.09 Å². The van der Waals surface area contributed by atoms with Gasteiger partial charge in [0.2, 0.25) is 0 Å². The molecule has 0 saturated heterocycles. The van der Waals surface area contributed by atoms with Crippen molar-refractivity contribution in [3.63, 3.8) is 0 Å². The van der Waals surface area contributed by atoms with Crippen LogP contribution in [-0.2, 0) is 4.74 Å². The van der Waals surface area contributed by atoms with Crippen molar-refractivity contribution in [1.29, 1.82) is 0 Å². The van der Waals surface area contributed by atoms with Gasteiger partial charge in [0, 0.05) is 11.3 Å². The van der Waals surface area contributed by atoms with Crippen LogP contribution in [0.2, 0.25) is 0 Å². The number of hydrogen-bond donors (Lipinski definition) is 1. The fraction of sp³-hybridized carbons (Fsp3) is 0.200. The van der Waals surface area contributed by atoms with Crippen molar-refractivity contribution in [3.8, 4) is 0 Å². The maximum absolute atomic E-state index is 12.8. The van der Waals surface area contributed by atoms with Gasteiger partial charge in [0.1, 0.15) is 11.4 Å². The quantitative estimate of drug-likeness (QED) is 0.624. The number of halogens is 1. The van der Waals surface area contributed by atoms with E-state index in [9.17, 15) is 14.0 Å². The van der Waals surface area contributed by atoms with Crippen LogP contribution < -0.4 is 5.32 Å². The maximum atomic E-state index is 12.8. The third-order valence-corrected chi connectivity index (χ3v) is 3.11. The minimum absolute atomic E-state index is 0.187. The Bertz CT molecular complexity index is 772. The van der Waals surface area contributed by atoms with Gasteiger partial charge in [0.15, 0.2) is 5.78 Å². The van der Waals surface area contributed by atoms with Gasteiger partial charge in [-0.2, -0.15) is 0 Å². The molecule has 0 fully saturated rings. The minimum atomic E-state index is -0.578. The Morgan fingerprint density at radius 2 is 1.60 bits per heavy atom. The summed E-state index contributed by atoms with van der Waals surface area (Å²) in [6.45, 7) is 5.34. The zero-order valence-electron chi connectivity index (χ0n) is 14.4. The molecule has 130 valence electrons. The Kier molecular flexibility index (Phi) is 5.70. The fourth-order valence-electron chi connectivity index (χ4n) is 1.98. The number of carbonyl (C=O) groups is 2. The van der Waals surface area contributed by atoms with Crippen LogP contribution in [0.4, 0.5) is 14.9 Å². The van der Waals surface area contributed by atoms with Crippen molar-refractivity contribution in [2.24, 2.45) is 0 Å². The number of carbonyl (C=O) groups excluding carboxylic acids is 2. The van der Waals surface area contributed by atoms with E-state index >= 15 is 0 Å². The standard InChI is InChI=1S/C20H20FNO3/c1-20(2,3)25-19(24)22-17-11-7-15(8-12-17)18(23)13-6-14-4-9-16(21)10-5-14/h4-13H,1-3H3,(H,22,24). The second kappa shape index (κ2) is 7.75. The van der Waals surface area contributed by atoms with E-state index in [1.165, 1.54) is 18.2 Å². The van der Waals surface area contributed by atoms with E-state index in [4.69, 9.17) is 4.74 Å². The van der Waals surface area contributed by atoms with E-state index < -0.39 is 11.7 Å². The first kappa shape index (κ1) is 18.4. The first-order valence-electron chi connectivity index (χ1n) is 7.81. The van der Waals surface area contributed by atoms with Crippen molar-refractivity contribution in [2.75, 3.05) is 5.32 Å². The zero-order valence-corrected chi connectivity index (χ0v) is 14.4. The summed E-state index contributed by atoms with van der Waals surface area (Å²) in [6, 6.07) is 12.3. The summed E-state index contributed by atoms with van der Waals surface area (Å²) in [4.78, 5) is 23.8. The molecule has 0 spiro atoms. The normalized spacial score (nSPS) is 11.4. The van der Waals surface area contributed by atoms with Crippen molar-refractivity contribution in [2.45, 2.75) is 26.4 Å². The smallest absolute Gasteiger partial charge is 0.412 e. The molecule has 0 bridgehead atoms. The van der Waals surface area contributed by atoms with Crippen LogP contribution in [0.1, 0.15) is 36.7 Å².